The molecule has 4 aliphatic carbocycles. The van der Waals surface area contributed by atoms with Gasteiger partial charge in [-0.1, -0.05) is 19.8 Å². The molecule has 0 heterocycles. The van der Waals surface area contributed by atoms with E-state index in [1.54, 1.807) is 0 Å². The highest BCUT2D eigenvalue weighted by molar-refractivity contribution is 5.85. The molecule has 0 bridgehead atoms. The van der Waals surface area contributed by atoms with Gasteiger partial charge < -0.3 is 9.84 Å². The van der Waals surface area contributed by atoms with Crippen molar-refractivity contribution in [2.24, 2.45) is 40.9 Å². The number of Topliss-reactive ketones (excluding diaryl/α,β-unsaturated/α-hetero) is 1. The van der Waals surface area contributed by atoms with Crippen molar-refractivity contribution in [1.29, 1.82) is 0 Å². The second-order valence-electron chi connectivity index (χ2n) is 10.9. The van der Waals surface area contributed by atoms with Crippen LogP contribution in [0.15, 0.2) is 0 Å². The lowest BCUT2D eigenvalue weighted by Gasteiger charge is -2.56. The van der Waals surface area contributed by atoms with Crippen LogP contribution in [0.3, 0.4) is 0 Å². The van der Waals surface area contributed by atoms with Crippen LogP contribution in [0.25, 0.3) is 0 Å². The first kappa shape index (κ1) is 21.9. The fourth-order valence-corrected chi connectivity index (χ4v) is 8.07. The molecule has 4 heteroatoms. The number of esters is 1. The third-order valence-electron chi connectivity index (χ3n) is 9.50. The Morgan fingerprint density at radius 1 is 1.07 bits per heavy atom. The van der Waals surface area contributed by atoms with E-state index in [1.165, 1.54) is 12.8 Å². The summed E-state index contributed by atoms with van der Waals surface area (Å²) in [7, 11) is 0. The standard InChI is InChI=1S/C26H38O4/c1-4-6-24(28)30-16-23(27)22-10-9-21-20-8-7-17-15-26(29,5-2)14-12-18(17)19(20)11-13-25(21,22)3/h2,17-22,29H,4,6-16H2,1,3H3/t17-,18+,19-,20-,21+,22-,25+,26-/m1/s1. The minimum Gasteiger partial charge on any atom is -0.458 e. The number of fused-ring (bicyclic) bond motifs is 5. The number of hydrogen-bond acceptors (Lipinski definition) is 4. The molecule has 30 heavy (non-hydrogen) atoms. The summed E-state index contributed by atoms with van der Waals surface area (Å²) in [6.45, 7) is 4.23. The maximum atomic E-state index is 13.0. The van der Waals surface area contributed by atoms with Crippen molar-refractivity contribution in [2.45, 2.75) is 90.1 Å². The topological polar surface area (TPSA) is 63.6 Å². The summed E-state index contributed by atoms with van der Waals surface area (Å²) in [4.78, 5) is 24.7. The van der Waals surface area contributed by atoms with E-state index in [0.717, 1.165) is 57.3 Å². The fourth-order valence-electron chi connectivity index (χ4n) is 8.07. The maximum absolute atomic E-state index is 13.0. The van der Waals surface area contributed by atoms with Crippen molar-refractivity contribution in [1.82, 2.24) is 0 Å². The summed E-state index contributed by atoms with van der Waals surface area (Å²) in [6, 6.07) is 0. The molecule has 166 valence electrons. The third kappa shape index (κ3) is 3.72. The molecule has 0 spiro atoms. The van der Waals surface area contributed by atoms with Gasteiger partial charge in [0.2, 0.25) is 0 Å². The number of aliphatic hydroxyl groups is 1. The Kier molecular flexibility index (Phi) is 6.05. The van der Waals surface area contributed by atoms with Gasteiger partial charge in [-0.2, -0.15) is 0 Å². The molecule has 0 radical (unpaired) electrons. The highest BCUT2D eigenvalue weighted by Crippen LogP contribution is 2.64. The van der Waals surface area contributed by atoms with Gasteiger partial charge in [0.05, 0.1) is 0 Å². The van der Waals surface area contributed by atoms with Crippen LogP contribution in [-0.2, 0) is 14.3 Å². The van der Waals surface area contributed by atoms with E-state index in [0.29, 0.717) is 30.1 Å². The lowest BCUT2D eigenvalue weighted by atomic mass is 9.49. The summed E-state index contributed by atoms with van der Waals surface area (Å²) in [5.74, 6) is 5.84. The summed E-state index contributed by atoms with van der Waals surface area (Å²) < 4.78 is 5.26. The number of ether oxygens (including phenoxy) is 1. The van der Waals surface area contributed by atoms with E-state index < -0.39 is 5.60 Å². The molecule has 0 aromatic rings. The van der Waals surface area contributed by atoms with Crippen LogP contribution >= 0.6 is 0 Å². The Morgan fingerprint density at radius 2 is 1.83 bits per heavy atom. The van der Waals surface area contributed by atoms with Gasteiger partial charge in [-0.3, -0.25) is 9.59 Å². The van der Waals surface area contributed by atoms with Crippen molar-refractivity contribution in [3.05, 3.63) is 0 Å². The minimum atomic E-state index is -0.892. The van der Waals surface area contributed by atoms with Gasteiger partial charge in [-0.25, -0.2) is 0 Å². The predicted octanol–water partition coefficient (Wildman–Crippen LogP) is 4.53. The van der Waals surface area contributed by atoms with E-state index in [4.69, 9.17) is 11.2 Å². The summed E-state index contributed by atoms with van der Waals surface area (Å²) in [6.07, 6.45) is 16.0. The predicted molar refractivity (Wildman–Crippen MR) is 115 cm³/mol. The molecule has 4 saturated carbocycles. The van der Waals surface area contributed by atoms with Gasteiger partial charge in [0, 0.05) is 12.3 Å². The number of rotatable bonds is 5. The monoisotopic (exact) mass is 414 g/mol. The van der Waals surface area contributed by atoms with Gasteiger partial charge in [-0.15, -0.1) is 6.42 Å². The molecule has 0 aromatic carbocycles. The van der Waals surface area contributed by atoms with Gasteiger partial charge in [-0.05, 0) is 99.2 Å². The van der Waals surface area contributed by atoms with E-state index >= 15 is 0 Å². The second kappa shape index (κ2) is 8.30. The molecule has 4 aliphatic rings. The Labute approximate surface area is 181 Å². The van der Waals surface area contributed by atoms with E-state index in [9.17, 15) is 14.7 Å². The van der Waals surface area contributed by atoms with Crippen molar-refractivity contribution < 1.29 is 19.4 Å². The molecule has 0 aliphatic heterocycles. The number of carbonyl (C=O) groups is 2. The number of ketones is 1. The molecular weight excluding hydrogens is 376 g/mol. The molecule has 1 N–H and O–H groups in total. The van der Waals surface area contributed by atoms with E-state index in [1.807, 2.05) is 6.92 Å². The zero-order valence-electron chi connectivity index (χ0n) is 18.7. The van der Waals surface area contributed by atoms with Crippen LogP contribution in [0.2, 0.25) is 0 Å². The number of hydrogen-bond donors (Lipinski definition) is 1. The normalized spacial score (nSPS) is 44.9. The Morgan fingerprint density at radius 3 is 2.57 bits per heavy atom. The zero-order valence-corrected chi connectivity index (χ0v) is 18.7. The van der Waals surface area contributed by atoms with Crippen molar-refractivity contribution >= 4 is 11.8 Å². The van der Waals surface area contributed by atoms with Crippen LogP contribution in [-0.4, -0.2) is 29.1 Å². The van der Waals surface area contributed by atoms with Gasteiger partial charge in [0.15, 0.2) is 5.78 Å². The fraction of sp³-hybridized carbons (Fsp3) is 0.846. The first-order chi connectivity index (χ1) is 14.3. The first-order valence-electron chi connectivity index (χ1n) is 12.2. The quantitative estimate of drug-likeness (QED) is 0.530. The van der Waals surface area contributed by atoms with Crippen LogP contribution < -0.4 is 0 Å². The number of terminal acetylenes is 1. The minimum absolute atomic E-state index is 0.0356. The average Bonchev–Trinajstić information content (AvgIpc) is 3.09. The van der Waals surface area contributed by atoms with Crippen LogP contribution in [0.4, 0.5) is 0 Å². The van der Waals surface area contributed by atoms with Gasteiger partial charge in [0.1, 0.15) is 12.2 Å². The average molecular weight is 415 g/mol. The summed E-state index contributed by atoms with van der Waals surface area (Å²) in [5, 5.41) is 10.6. The molecular formula is C26H38O4. The Balaban J connectivity index is 1.42. The Bertz CT molecular complexity index is 723. The van der Waals surface area contributed by atoms with E-state index in [-0.39, 0.29) is 29.7 Å². The summed E-state index contributed by atoms with van der Waals surface area (Å²) >= 11 is 0. The maximum Gasteiger partial charge on any atom is 0.306 e. The largest absolute Gasteiger partial charge is 0.458 e. The summed E-state index contributed by atoms with van der Waals surface area (Å²) in [5.41, 5.74) is -0.840. The molecule has 0 amide bonds. The molecule has 4 rings (SSSR count). The van der Waals surface area contributed by atoms with Gasteiger partial charge >= 0.3 is 5.97 Å². The highest BCUT2D eigenvalue weighted by atomic mass is 16.5. The SMILES string of the molecule is C#C[C@@]1(O)CC[C@H]2[C@H](CC[C@@H]3[C@@H]2CC[C@]2(C)[C@@H](C(=O)COC(=O)CCC)CC[C@@H]32)C1. The van der Waals surface area contributed by atoms with Crippen molar-refractivity contribution in [3.63, 3.8) is 0 Å². The first-order valence-corrected chi connectivity index (χ1v) is 12.2. The molecule has 0 aromatic heterocycles. The zero-order chi connectivity index (χ0) is 21.5. The molecule has 8 atom stereocenters. The van der Waals surface area contributed by atoms with Crippen LogP contribution in [0.1, 0.15) is 84.5 Å². The smallest absolute Gasteiger partial charge is 0.306 e. The second-order valence-corrected chi connectivity index (χ2v) is 10.9. The van der Waals surface area contributed by atoms with Gasteiger partial charge in [0.25, 0.3) is 0 Å². The third-order valence-corrected chi connectivity index (χ3v) is 9.50. The Hall–Kier alpha value is -1.34. The van der Waals surface area contributed by atoms with Crippen LogP contribution in [0.5, 0.6) is 0 Å². The van der Waals surface area contributed by atoms with Crippen LogP contribution in [0, 0.1) is 53.3 Å². The molecule has 0 unspecified atom stereocenters. The van der Waals surface area contributed by atoms with Crippen molar-refractivity contribution in [2.75, 3.05) is 6.61 Å². The number of carbonyl (C=O) groups excluding carboxylic acids is 2. The lowest BCUT2D eigenvalue weighted by Crippen LogP contribution is -2.51. The highest BCUT2D eigenvalue weighted by Gasteiger charge is 2.58. The molecule has 0 saturated heterocycles. The lowest BCUT2D eigenvalue weighted by molar-refractivity contribution is -0.151. The van der Waals surface area contributed by atoms with E-state index in [2.05, 4.69) is 12.8 Å². The molecule has 4 fully saturated rings. The van der Waals surface area contributed by atoms with Crippen molar-refractivity contribution in [3.8, 4) is 12.3 Å². The molecule has 4 nitrogen and oxygen atoms in total.